The molecular weight excluding hydrogens is 472 g/mol. The van der Waals surface area contributed by atoms with Crippen LogP contribution in [0.2, 0.25) is 0 Å². The Bertz CT molecular complexity index is 1080. The molecule has 2 aromatic carbocycles. The Morgan fingerprint density at radius 2 is 1.78 bits per heavy atom. The van der Waals surface area contributed by atoms with Gasteiger partial charge in [-0.05, 0) is 56.9 Å². The molecule has 0 spiro atoms. The highest BCUT2D eigenvalue weighted by Crippen LogP contribution is 2.26. The van der Waals surface area contributed by atoms with Crippen molar-refractivity contribution in [2.75, 3.05) is 13.2 Å². The molecule has 198 valence electrons. The van der Waals surface area contributed by atoms with E-state index in [0.29, 0.717) is 19.4 Å². The number of likely N-dealkylation sites (tertiary alicyclic amines) is 1. The van der Waals surface area contributed by atoms with Crippen molar-refractivity contribution in [3.05, 3.63) is 78.4 Å². The molecule has 1 aliphatic rings. The Balaban J connectivity index is 1.98. The molecule has 1 N–H and O–H groups in total. The number of rotatable bonds is 9. The molecular formula is C29H36N2O6. The number of amides is 2. The Labute approximate surface area is 218 Å². The third-order valence-electron chi connectivity index (χ3n) is 6.00. The van der Waals surface area contributed by atoms with Crippen molar-refractivity contribution < 1.29 is 29.0 Å². The fourth-order valence-electron chi connectivity index (χ4n) is 4.29. The van der Waals surface area contributed by atoms with Gasteiger partial charge in [0.2, 0.25) is 5.91 Å². The molecule has 2 aromatic rings. The fraction of sp³-hybridized carbons (Fsp3) is 0.414. The van der Waals surface area contributed by atoms with Crippen LogP contribution in [-0.2, 0) is 32.0 Å². The van der Waals surface area contributed by atoms with E-state index in [4.69, 9.17) is 9.47 Å². The Morgan fingerprint density at radius 3 is 2.41 bits per heavy atom. The summed E-state index contributed by atoms with van der Waals surface area (Å²) in [7, 11) is 0. The van der Waals surface area contributed by atoms with Gasteiger partial charge in [0, 0.05) is 19.5 Å². The van der Waals surface area contributed by atoms with Gasteiger partial charge in [-0.1, -0.05) is 55.1 Å². The van der Waals surface area contributed by atoms with Gasteiger partial charge in [0.25, 0.3) is 0 Å². The topological polar surface area (TPSA) is 96.4 Å². The van der Waals surface area contributed by atoms with Crippen LogP contribution < -0.4 is 0 Å². The lowest BCUT2D eigenvalue weighted by molar-refractivity contribution is -0.156. The Kier molecular flexibility index (Phi) is 9.33. The number of nitrogens with zero attached hydrogens (tertiary/aromatic N) is 2. The second-order valence-corrected chi connectivity index (χ2v) is 10.1. The monoisotopic (exact) mass is 508 g/mol. The standard InChI is InChI=1S/C29H36N2O6/c1-5-18-36-27(34)25(19-21-10-7-6-8-11-21)31(20-22-13-15-23(32)16-14-22)26(33)24-12-9-17-30(24)28(35)37-29(2,3)4/h5-8,10-11,13-16,24-25,32H,1,9,12,17-20H2,2-4H3/t24?,25-/m0/s1. The van der Waals surface area contributed by atoms with Gasteiger partial charge in [-0.15, -0.1) is 0 Å². The molecule has 3 rings (SSSR count). The maximum atomic E-state index is 14.1. The smallest absolute Gasteiger partial charge is 0.410 e. The molecule has 0 aliphatic carbocycles. The van der Waals surface area contributed by atoms with Gasteiger partial charge < -0.3 is 19.5 Å². The van der Waals surface area contributed by atoms with Crippen molar-refractivity contribution >= 4 is 18.0 Å². The van der Waals surface area contributed by atoms with Crippen molar-refractivity contribution in [2.45, 2.75) is 64.3 Å². The van der Waals surface area contributed by atoms with Crippen LogP contribution in [-0.4, -0.2) is 63.7 Å². The van der Waals surface area contributed by atoms with Gasteiger partial charge in [-0.25, -0.2) is 9.59 Å². The number of aromatic hydroxyl groups is 1. The lowest BCUT2D eigenvalue weighted by atomic mass is 10.0. The molecule has 0 bridgehead atoms. The number of phenols is 1. The number of esters is 1. The zero-order chi connectivity index (χ0) is 27.0. The van der Waals surface area contributed by atoms with Crippen molar-refractivity contribution in [3.63, 3.8) is 0 Å². The molecule has 1 unspecified atom stereocenters. The van der Waals surface area contributed by atoms with Gasteiger partial charge in [0.05, 0.1) is 0 Å². The summed E-state index contributed by atoms with van der Waals surface area (Å²) >= 11 is 0. The summed E-state index contributed by atoms with van der Waals surface area (Å²) < 4.78 is 11.0. The van der Waals surface area contributed by atoms with Crippen LogP contribution in [0.4, 0.5) is 4.79 Å². The summed E-state index contributed by atoms with van der Waals surface area (Å²) in [4.78, 5) is 43.3. The van der Waals surface area contributed by atoms with E-state index in [1.54, 1.807) is 32.9 Å². The minimum Gasteiger partial charge on any atom is -0.508 e. The molecule has 8 nitrogen and oxygen atoms in total. The first-order valence-corrected chi connectivity index (χ1v) is 12.5. The van der Waals surface area contributed by atoms with Gasteiger partial charge in [-0.3, -0.25) is 9.69 Å². The number of hydrogen-bond acceptors (Lipinski definition) is 6. The van der Waals surface area contributed by atoms with Gasteiger partial charge in [-0.2, -0.15) is 0 Å². The second-order valence-electron chi connectivity index (χ2n) is 10.1. The van der Waals surface area contributed by atoms with Crippen LogP contribution in [0, 0.1) is 0 Å². The third kappa shape index (κ3) is 7.84. The first kappa shape index (κ1) is 27.8. The van der Waals surface area contributed by atoms with Crippen molar-refractivity contribution in [2.24, 2.45) is 0 Å². The first-order chi connectivity index (χ1) is 17.6. The maximum absolute atomic E-state index is 14.1. The zero-order valence-corrected chi connectivity index (χ0v) is 21.8. The van der Waals surface area contributed by atoms with Crippen LogP contribution in [0.15, 0.2) is 67.3 Å². The Morgan fingerprint density at radius 1 is 1.11 bits per heavy atom. The lowest BCUT2D eigenvalue weighted by Crippen LogP contribution is -2.54. The molecule has 2 amide bonds. The summed E-state index contributed by atoms with van der Waals surface area (Å²) in [5, 5.41) is 9.73. The summed E-state index contributed by atoms with van der Waals surface area (Å²) in [6.07, 6.45) is 2.27. The molecule has 8 heteroatoms. The number of phenolic OH excluding ortho intramolecular Hbond substituents is 1. The molecule has 0 aromatic heterocycles. The predicted octanol–water partition coefficient (Wildman–Crippen LogP) is 4.46. The molecule has 1 fully saturated rings. The molecule has 1 saturated heterocycles. The first-order valence-electron chi connectivity index (χ1n) is 12.5. The van der Waals surface area contributed by atoms with E-state index in [0.717, 1.165) is 11.1 Å². The van der Waals surface area contributed by atoms with E-state index < -0.39 is 29.7 Å². The van der Waals surface area contributed by atoms with Gasteiger partial charge in [0.1, 0.15) is 30.0 Å². The average molecular weight is 509 g/mol. The summed E-state index contributed by atoms with van der Waals surface area (Å²) in [5.74, 6) is -0.814. The molecule has 1 aliphatic heterocycles. The van der Waals surface area contributed by atoms with Crippen LogP contribution in [0.1, 0.15) is 44.7 Å². The van der Waals surface area contributed by atoms with E-state index in [9.17, 15) is 19.5 Å². The zero-order valence-electron chi connectivity index (χ0n) is 21.8. The number of benzene rings is 2. The van der Waals surface area contributed by atoms with Crippen LogP contribution in [0.5, 0.6) is 5.75 Å². The highest BCUT2D eigenvalue weighted by atomic mass is 16.6. The third-order valence-corrected chi connectivity index (χ3v) is 6.00. The van der Waals surface area contributed by atoms with Gasteiger partial charge >= 0.3 is 12.1 Å². The van der Waals surface area contributed by atoms with Gasteiger partial charge in [0.15, 0.2) is 0 Å². The van der Waals surface area contributed by atoms with E-state index in [1.165, 1.54) is 28.0 Å². The number of ether oxygens (including phenoxy) is 2. The quantitative estimate of drug-likeness (QED) is 0.397. The van der Waals surface area contributed by atoms with E-state index in [-0.39, 0.29) is 31.2 Å². The van der Waals surface area contributed by atoms with Crippen molar-refractivity contribution in [1.29, 1.82) is 0 Å². The Hall–Kier alpha value is -3.81. The summed E-state index contributed by atoms with van der Waals surface area (Å²) in [6, 6.07) is 14.1. The maximum Gasteiger partial charge on any atom is 0.410 e. The largest absolute Gasteiger partial charge is 0.508 e. The fourth-order valence-corrected chi connectivity index (χ4v) is 4.29. The van der Waals surface area contributed by atoms with E-state index in [1.807, 2.05) is 30.3 Å². The number of carbonyl (C=O) groups is 3. The minimum absolute atomic E-state index is 0.0127. The average Bonchev–Trinajstić information content (AvgIpc) is 3.35. The summed E-state index contributed by atoms with van der Waals surface area (Å²) in [5.41, 5.74) is 0.883. The molecule has 0 radical (unpaired) electrons. The highest BCUT2D eigenvalue weighted by molar-refractivity contribution is 5.90. The molecule has 37 heavy (non-hydrogen) atoms. The number of carbonyl (C=O) groups excluding carboxylic acids is 3. The van der Waals surface area contributed by atoms with Crippen LogP contribution in [0.3, 0.4) is 0 Å². The second kappa shape index (κ2) is 12.4. The van der Waals surface area contributed by atoms with Crippen LogP contribution >= 0.6 is 0 Å². The predicted molar refractivity (Wildman–Crippen MR) is 140 cm³/mol. The SMILES string of the molecule is C=CCOC(=O)[C@H](Cc1ccccc1)N(Cc1ccc(O)cc1)C(=O)C1CCCN1C(=O)OC(C)(C)C. The highest BCUT2D eigenvalue weighted by Gasteiger charge is 2.42. The van der Waals surface area contributed by atoms with E-state index in [2.05, 4.69) is 6.58 Å². The molecule has 2 atom stereocenters. The molecule has 1 heterocycles. The number of hydrogen-bond donors (Lipinski definition) is 1. The van der Waals surface area contributed by atoms with Crippen molar-refractivity contribution in [1.82, 2.24) is 9.80 Å². The summed E-state index contributed by atoms with van der Waals surface area (Å²) in [6.45, 7) is 9.45. The van der Waals surface area contributed by atoms with E-state index >= 15 is 0 Å². The van der Waals surface area contributed by atoms with Crippen LogP contribution in [0.25, 0.3) is 0 Å². The minimum atomic E-state index is -0.940. The lowest BCUT2D eigenvalue weighted by Gasteiger charge is -2.35. The van der Waals surface area contributed by atoms with Crippen molar-refractivity contribution in [3.8, 4) is 5.75 Å². The molecule has 0 saturated carbocycles. The normalized spacial score (nSPS) is 16.1.